The molecule has 0 N–H and O–H groups in total. The summed E-state index contributed by atoms with van der Waals surface area (Å²) in [6, 6.07) is 16.1. The van der Waals surface area contributed by atoms with E-state index in [0.29, 0.717) is 17.9 Å². The molecule has 1 saturated carbocycles. The number of pyridine rings is 2. The van der Waals surface area contributed by atoms with Crippen molar-refractivity contribution in [2.45, 2.75) is 37.6 Å². The lowest BCUT2D eigenvalue weighted by Gasteiger charge is -2.26. The fraction of sp³-hybridized carbons (Fsp3) is 0.308. The summed E-state index contributed by atoms with van der Waals surface area (Å²) < 4.78 is 0.957. The van der Waals surface area contributed by atoms with Crippen molar-refractivity contribution in [2.75, 3.05) is 23.9 Å². The third-order valence-corrected chi connectivity index (χ3v) is 7.25. The van der Waals surface area contributed by atoms with Crippen LogP contribution in [0.15, 0.2) is 61.1 Å². The summed E-state index contributed by atoms with van der Waals surface area (Å²) in [4.78, 5) is 25.7. The topological polar surface area (TPSA) is 73.1 Å². The van der Waals surface area contributed by atoms with Gasteiger partial charge in [-0.25, -0.2) is 4.98 Å². The van der Waals surface area contributed by atoms with E-state index in [-0.39, 0.29) is 5.91 Å². The maximum absolute atomic E-state index is 13.5. The van der Waals surface area contributed by atoms with Crippen molar-refractivity contribution < 1.29 is 4.79 Å². The Morgan fingerprint density at radius 2 is 1.85 bits per heavy atom. The van der Waals surface area contributed by atoms with Gasteiger partial charge in [0.15, 0.2) is 0 Å². The minimum absolute atomic E-state index is 0.124. The van der Waals surface area contributed by atoms with Gasteiger partial charge in [0, 0.05) is 42.8 Å². The number of anilines is 2. The molecule has 1 aliphatic rings. The van der Waals surface area contributed by atoms with Crippen LogP contribution < -0.4 is 9.80 Å². The fourth-order valence-electron chi connectivity index (χ4n) is 4.52. The minimum Gasteiger partial charge on any atom is -0.355 e. The molecule has 0 spiro atoms. The Morgan fingerprint density at radius 3 is 2.52 bits per heavy atom. The van der Waals surface area contributed by atoms with Gasteiger partial charge in [0.05, 0.1) is 22.7 Å². The van der Waals surface area contributed by atoms with Crippen molar-refractivity contribution >= 4 is 40.0 Å². The molecule has 0 bridgehead atoms. The van der Waals surface area contributed by atoms with E-state index in [1.165, 1.54) is 0 Å². The lowest BCUT2D eigenvalue weighted by Crippen LogP contribution is -2.30. The van der Waals surface area contributed by atoms with Crippen LogP contribution in [0.25, 0.3) is 0 Å². The standard InChI is InChI=1S/C26H26IN5O/c1-31(17-19-9-14-29-15-10-19)24-21(6-5-13-30-24)25(33)32(2)23-8-7-20(16-22(23)27)26(18-28)11-3-4-12-26/h5-10,13-16H,3-4,11-12,17H2,1-2H3. The van der Waals surface area contributed by atoms with E-state index in [9.17, 15) is 10.1 Å². The number of carbonyl (C=O) groups is 1. The number of aromatic nitrogens is 2. The maximum Gasteiger partial charge on any atom is 0.261 e. The smallest absolute Gasteiger partial charge is 0.261 e. The van der Waals surface area contributed by atoms with Gasteiger partial charge in [-0.1, -0.05) is 18.9 Å². The van der Waals surface area contributed by atoms with Crippen molar-refractivity contribution in [2.24, 2.45) is 0 Å². The molecule has 4 rings (SSSR count). The van der Waals surface area contributed by atoms with Gasteiger partial charge >= 0.3 is 0 Å². The summed E-state index contributed by atoms with van der Waals surface area (Å²) in [7, 11) is 3.72. The molecule has 1 amide bonds. The molecule has 3 aromatic rings. The number of amides is 1. The second-order valence-corrected chi connectivity index (χ2v) is 9.68. The first-order valence-corrected chi connectivity index (χ1v) is 12.1. The van der Waals surface area contributed by atoms with Crippen LogP contribution in [-0.2, 0) is 12.0 Å². The number of halogens is 1. The van der Waals surface area contributed by atoms with E-state index in [1.54, 1.807) is 36.6 Å². The van der Waals surface area contributed by atoms with Gasteiger partial charge in [0.25, 0.3) is 5.91 Å². The van der Waals surface area contributed by atoms with Crippen LogP contribution in [0.4, 0.5) is 11.5 Å². The zero-order chi connectivity index (χ0) is 23.4. The van der Waals surface area contributed by atoms with E-state index in [0.717, 1.165) is 46.1 Å². The molecule has 6 nitrogen and oxygen atoms in total. The Hall–Kier alpha value is -2.99. The lowest BCUT2D eigenvalue weighted by molar-refractivity contribution is 0.0993. The monoisotopic (exact) mass is 551 g/mol. The van der Waals surface area contributed by atoms with Crippen LogP contribution in [0.2, 0.25) is 0 Å². The van der Waals surface area contributed by atoms with Crippen LogP contribution in [-0.4, -0.2) is 30.0 Å². The molecular weight excluding hydrogens is 525 g/mol. The maximum atomic E-state index is 13.5. The van der Waals surface area contributed by atoms with Crippen molar-refractivity contribution in [3.63, 3.8) is 0 Å². The summed E-state index contributed by atoms with van der Waals surface area (Å²) in [5.74, 6) is 0.508. The predicted octanol–water partition coefficient (Wildman–Crippen LogP) is 5.33. The molecule has 1 aromatic carbocycles. The summed E-state index contributed by atoms with van der Waals surface area (Å²) in [5, 5.41) is 9.83. The Kier molecular flexibility index (Phi) is 6.94. The van der Waals surface area contributed by atoms with E-state index in [2.05, 4.69) is 44.7 Å². The van der Waals surface area contributed by atoms with E-state index >= 15 is 0 Å². The van der Waals surface area contributed by atoms with E-state index < -0.39 is 5.41 Å². The average molecular weight is 551 g/mol. The second-order valence-electron chi connectivity index (χ2n) is 8.52. The van der Waals surface area contributed by atoms with Crippen molar-refractivity contribution in [1.29, 1.82) is 5.26 Å². The molecule has 0 unspecified atom stereocenters. The molecule has 168 valence electrons. The molecule has 1 aliphatic carbocycles. The van der Waals surface area contributed by atoms with Gasteiger partial charge in [-0.2, -0.15) is 5.26 Å². The molecule has 0 aliphatic heterocycles. The molecule has 0 saturated heterocycles. The highest BCUT2D eigenvalue weighted by atomic mass is 127. The normalized spacial score (nSPS) is 14.5. The van der Waals surface area contributed by atoms with Crippen molar-refractivity contribution in [1.82, 2.24) is 9.97 Å². The van der Waals surface area contributed by atoms with E-state index in [4.69, 9.17) is 0 Å². The van der Waals surface area contributed by atoms with Gasteiger partial charge < -0.3 is 9.80 Å². The lowest BCUT2D eigenvalue weighted by atomic mass is 9.80. The Morgan fingerprint density at radius 1 is 1.12 bits per heavy atom. The molecular formula is C26H26IN5O. The molecule has 0 atom stereocenters. The Bertz CT molecular complexity index is 1180. The summed E-state index contributed by atoms with van der Waals surface area (Å²) in [6.07, 6.45) is 9.19. The number of hydrogen-bond acceptors (Lipinski definition) is 5. The third kappa shape index (κ3) is 4.71. The zero-order valence-corrected chi connectivity index (χ0v) is 21.0. The Labute approximate surface area is 208 Å². The number of hydrogen-bond donors (Lipinski definition) is 0. The van der Waals surface area contributed by atoms with Crippen LogP contribution in [0.3, 0.4) is 0 Å². The van der Waals surface area contributed by atoms with Crippen molar-refractivity contribution in [3.05, 3.63) is 81.3 Å². The number of carbonyl (C=O) groups excluding carboxylic acids is 1. The minimum atomic E-state index is -0.396. The molecule has 1 fully saturated rings. The fourth-order valence-corrected chi connectivity index (χ4v) is 5.39. The Balaban J connectivity index is 1.60. The highest BCUT2D eigenvalue weighted by Crippen LogP contribution is 2.42. The second kappa shape index (κ2) is 9.87. The van der Waals surface area contributed by atoms with Gasteiger partial charge in [0.1, 0.15) is 5.82 Å². The first kappa shape index (κ1) is 23.2. The zero-order valence-electron chi connectivity index (χ0n) is 18.8. The summed E-state index contributed by atoms with van der Waals surface area (Å²) in [5.41, 5.74) is 3.11. The molecule has 2 heterocycles. The van der Waals surface area contributed by atoms with Gasteiger partial charge in [-0.05, 0) is 83.0 Å². The number of nitrogens with zero attached hydrogens (tertiary/aromatic N) is 5. The predicted molar refractivity (Wildman–Crippen MR) is 138 cm³/mol. The average Bonchev–Trinajstić information content (AvgIpc) is 3.34. The quantitative estimate of drug-likeness (QED) is 0.388. The first-order chi connectivity index (χ1) is 15.9. The highest BCUT2D eigenvalue weighted by Gasteiger charge is 2.36. The van der Waals surface area contributed by atoms with Crippen LogP contribution in [0.1, 0.15) is 47.2 Å². The number of nitriles is 1. The third-order valence-electron chi connectivity index (χ3n) is 6.39. The summed E-state index contributed by atoms with van der Waals surface area (Å²) >= 11 is 2.27. The molecule has 7 heteroatoms. The number of rotatable bonds is 6. The first-order valence-electron chi connectivity index (χ1n) is 11.0. The largest absolute Gasteiger partial charge is 0.355 e. The van der Waals surface area contributed by atoms with Crippen LogP contribution in [0.5, 0.6) is 0 Å². The van der Waals surface area contributed by atoms with Crippen LogP contribution in [0, 0.1) is 14.9 Å². The number of benzene rings is 1. The molecule has 2 aromatic heterocycles. The molecule has 33 heavy (non-hydrogen) atoms. The van der Waals surface area contributed by atoms with Crippen molar-refractivity contribution in [3.8, 4) is 6.07 Å². The van der Waals surface area contributed by atoms with Gasteiger partial charge in [-0.15, -0.1) is 0 Å². The molecule has 0 radical (unpaired) electrons. The SMILES string of the molecule is CN(Cc1ccncc1)c1ncccc1C(=O)N(C)c1ccc(C2(C#N)CCCC2)cc1I. The van der Waals surface area contributed by atoms with E-state index in [1.807, 2.05) is 42.3 Å². The van der Waals surface area contributed by atoms with Crippen LogP contribution >= 0.6 is 22.6 Å². The highest BCUT2D eigenvalue weighted by molar-refractivity contribution is 14.1. The summed E-state index contributed by atoms with van der Waals surface area (Å²) in [6.45, 7) is 0.617. The van der Waals surface area contributed by atoms with Gasteiger partial charge in [0.2, 0.25) is 0 Å². The van der Waals surface area contributed by atoms with Gasteiger partial charge in [-0.3, -0.25) is 9.78 Å².